The summed E-state index contributed by atoms with van der Waals surface area (Å²) >= 11 is 1.55. The van der Waals surface area contributed by atoms with Crippen molar-refractivity contribution in [2.45, 2.75) is 50.8 Å². The number of aromatic nitrogens is 1. The highest BCUT2D eigenvalue weighted by Gasteiger charge is 2.21. The molecule has 5 nitrogen and oxygen atoms in total. The van der Waals surface area contributed by atoms with Crippen LogP contribution in [0.5, 0.6) is 0 Å². The standard InChI is InChI=1S/C18H23N3O2S/c19-10-12-2-1-3-13(8-12)18-21-15(11-24-18)9-17(23)20-14-4-6-16(22)7-5-14/h1-3,8,11,14,16,22H,4-7,9-10,19H2,(H,20,23). The monoisotopic (exact) mass is 345 g/mol. The first-order chi connectivity index (χ1) is 11.6. The van der Waals surface area contributed by atoms with Crippen molar-refractivity contribution in [2.24, 2.45) is 5.73 Å². The molecule has 1 amide bonds. The minimum atomic E-state index is -0.205. The van der Waals surface area contributed by atoms with Gasteiger partial charge in [0.15, 0.2) is 0 Å². The second-order valence-corrected chi connectivity index (χ2v) is 7.16. The fourth-order valence-electron chi connectivity index (χ4n) is 3.02. The fraction of sp³-hybridized carbons (Fsp3) is 0.444. The van der Waals surface area contributed by atoms with Crippen molar-refractivity contribution in [2.75, 3.05) is 0 Å². The number of carbonyl (C=O) groups excluding carboxylic acids is 1. The first-order valence-corrected chi connectivity index (χ1v) is 9.23. The molecular formula is C18H23N3O2S. The van der Waals surface area contributed by atoms with Gasteiger partial charge in [-0.1, -0.05) is 18.2 Å². The normalized spacial score (nSPS) is 20.8. The van der Waals surface area contributed by atoms with Gasteiger partial charge in [0.2, 0.25) is 5.91 Å². The predicted molar refractivity (Wildman–Crippen MR) is 95.6 cm³/mol. The van der Waals surface area contributed by atoms with Crippen molar-refractivity contribution < 1.29 is 9.90 Å². The molecule has 3 rings (SSSR count). The van der Waals surface area contributed by atoms with Crippen LogP contribution in [0.1, 0.15) is 36.9 Å². The van der Waals surface area contributed by atoms with Crippen LogP contribution in [0, 0.1) is 0 Å². The van der Waals surface area contributed by atoms with Crippen LogP contribution in [-0.4, -0.2) is 28.1 Å². The highest BCUT2D eigenvalue weighted by Crippen LogP contribution is 2.25. The average Bonchev–Trinajstić information content (AvgIpc) is 3.05. The Kier molecular flexibility index (Phi) is 5.60. The molecule has 24 heavy (non-hydrogen) atoms. The number of carbonyl (C=O) groups is 1. The summed E-state index contributed by atoms with van der Waals surface area (Å²) in [4.78, 5) is 16.8. The van der Waals surface area contributed by atoms with E-state index in [1.54, 1.807) is 11.3 Å². The largest absolute Gasteiger partial charge is 0.393 e. The zero-order valence-corrected chi connectivity index (χ0v) is 14.4. The lowest BCUT2D eigenvalue weighted by Gasteiger charge is -2.26. The molecule has 2 aromatic rings. The number of aliphatic hydroxyl groups excluding tert-OH is 1. The Balaban J connectivity index is 1.58. The van der Waals surface area contributed by atoms with Crippen molar-refractivity contribution in [3.63, 3.8) is 0 Å². The summed E-state index contributed by atoms with van der Waals surface area (Å²) in [5.74, 6) is 0.00366. The van der Waals surface area contributed by atoms with E-state index < -0.39 is 0 Å². The summed E-state index contributed by atoms with van der Waals surface area (Å²) in [6.45, 7) is 0.505. The molecule has 1 aliphatic carbocycles. The van der Waals surface area contributed by atoms with E-state index in [-0.39, 0.29) is 18.1 Å². The molecule has 1 fully saturated rings. The molecule has 1 aromatic carbocycles. The topological polar surface area (TPSA) is 88.2 Å². The summed E-state index contributed by atoms with van der Waals surface area (Å²) in [7, 11) is 0. The lowest BCUT2D eigenvalue weighted by Crippen LogP contribution is -2.39. The number of nitrogens with two attached hydrogens (primary N) is 1. The van der Waals surface area contributed by atoms with E-state index in [2.05, 4.69) is 10.3 Å². The number of hydrogen-bond donors (Lipinski definition) is 3. The molecule has 128 valence electrons. The maximum atomic E-state index is 12.2. The van der Waals surface area contributed by atoms with Crippen LogP contribution in [-0.2, 0) is 17.8 Å². The van der Waals surface area contributed by atoms with E-state index in [9.17, 15) is 9.90 Å². The van der Waals surface area contributed by atoms with Gasteiger partial charge in [-0.05, 0) is 37.3 Å². The molecule has 4 N–H and O–H groups in total. The van der Waals surface area contributed by atoms with Crippen molar-refractivity contribution in [3.8, 4) is 10.6 Å². The summed E-state index contributed by atoms with van der Waals surface area (Å²) < 4.78 is 0. The molecule has 1 aromatic heterocycles. The summed E-state index contributed by atoms with van der Waals surface area (Å²) in [5.41, 5.74) is 8.58. The number of aliphatic hydroxyl groups is 1. The van der Waals surface area contributed by atoms with Crippen LogP contribution in [0.25, 0.3) is 10.6 Å². The Morgan fingerprint density at radius 3 is 2.88 bits per heavy atom. The van der Waals surface area contributed by atoms with E-state index in [1.165, 1.54) is 0 Å². The van der Waals surface area contributed by atoms with Crippen molar-refractivity contribution in [3.05, 3.63) is 40.9 Å². The van der Waals surface area contributed by atoms with E-state index in [0.29, 0.717) is 13.0 Å². The molecule has 0 radical (unpaired) electrons. The van der Waals surface area contributed by atoms with Gasteiger partial charge in [0.25, 0.3) is 0 Å². The van der Waals surface area contributed by atoms with Gasteiger partial charge in [-0.25, -0.2) is 4.98 Å². The van der Waals surface area contributed by atoms with E-state index in [1.807, 2.05) is 29.6 Å². The van der Waals surface area contributed by atoms with Crippen LogP contribution in [0.15, 0.2) is 29.6 Å². The van der Waals surface area contributed by atoms with Gasteiger partial charge in [-0.2, -0.15) is 0 Å². The Bertz CT molecular complexity index is 693. The highest BCUT2D eigenvalue weighted by atomic mass is 32.1. The first-order valence-electron chi connectivity index (χ1n) is 8.35. The number of rotatable bonds is 5. The Labute approximate surface area is 145 Å². The SMILES string of the molecule is NCc1cccc(-c2nc(CC(=O)NC3CCC(O)CC3)cs2)c1. The van der Waals surface area contributed by atoms with Gasteiger partial charge < -0.3 is 16.2 Å². The molecule has 0 saturated heterocycles. The van der Waals surface area contributed by atoms with Crippen LogP contribution in [0.3, 0.4) is 0 Å². The lowest BCUT2D eigenvalue weighted by molar-refractivity contribution is -0.121. The van der Waals surface area contributed by atoms with Gasteiger partial charge in [0, 0.05) is 23.5 Å². The highest BCUT2D eigenvalue weighted by molar-refractivity contribution is 7.13. The second-order valence-electron chi connectivity index (χ2n) is 6.30. The third kappa shape index (κ3) is 4.41. The molecule has 0 unspecified atom stereocenters. The predicted octanol–water partition coefficient (Wildman–Crippen LogP) is 2.23. The third-order valence-corrected chi connectivity index (χ3v) is 5.31. The van der Waals surface area contributed by atoms with Gasteiger partial charge in [-0.15, -0.1) is 11.3 Å². The molecule has 0 spiro atoms. The molecule has 1 heterocycles. The first kappa shape index (κ1) is 17.1. The van der Waals surface area contributed by atoms with Gasteiger partial charge in [0.1, 0.15) is 5.01 Å². The number of thiazole rings is 1. The smallest absolute Gasteiger partial charge is 0.226 e. The summed E-state index contributed by atoms with van der Waals surface area (Å²) in [5, 5.41) is 15.4. The molecule has 6 heteroatoms. The molecule has 1 saturated carbocycles. The van der Waals surface area contributed by atoms with Crippen LogP contribution in [0.4, 0.5) is 0 Å². The average molecular weight is 345 g/mol. The van der Waals surface area contributed by atoms with E-state index in [0.717, 1.165) is 47.5 Å². The summed E-state index contributed by atoms with van der Waals surface area (Å²) in [6, 6.07) is 8.20. The summed E-state index contributed by atoms with van der Waals surface area (Å²) in [6.07, 6.45) is 3.32. The Hall–Kier alpha value is -1.76. The van der Waals surface area contributed by atoms with Crippen LogP contribution in [0.2, 0.25) is 0 Å². The van der Waals surface area contributed by atoms with E-state index in [4.69, 9.17) is 5.73 Å². The maximum Gasteiger partial charge on any atom is 0.226 e. The van der Waals surface area contributed by atoms with Gasteiger partial charge in [-0.3, -0.25) is 4.79 Å². The zero-order chi connectivity index (χ0) is 16.9. The number of amides is 1. The minimum absolute atomic E-state index is 0.00366. The lowest BCUT2D eigenvalue weighted by atomic mass is 9.93. The number of nitrogens with one attached hydrogen (secondary N) is 1. The fourth-order valence-corrected chi connectivity index (χ4v) is 3.83. The molecule has 1 aliphatic rings. The minimum Gasteiger partial charge on any atom is -0.393 e. The van der Waals surface area contributed by atoms with Gasteiger partial charge in [0.05, 0.1) is 18.2 Å². The van der Waals surface area contributed by atoms with Gasteiger partial charge >= 0.3 is 0 Å². The quantitative estimate of drug-likeness (QED) is 0.775. The molecular weight excluding hydrogens is 322 g/mol. The number of hydrogen-bond acceptors (Lipinski definition) is 5. The number of nitrogens with zero attached hydrogens (tertiary/aromatic N) is 1. The van der Waals surface area contributed by atoms with E-state index >= 15 is 0 Å². The third-order valence-electron chi connectivity index (χ3n) is 4.36. The molecule has 0 aliphatic heterocycles. The number of benzene rings is 1. The van der Waals surface area contributed by atoms with Crippen molar-refractivity contribution >= 4 is 17.2 Å². The van der Waals surface area contributed by atoms with Crippen LogP contribution >= 0.6 is 11.3 Å². The second kappa shape index (κ2) is 7.88. The Morgan fingerprint density at radius 2 is 2.12 bits per heavy atom. The van der Waals surface area contributed by atoms with Crippen molar-refractivity contribution in [1.29, 1.82) is 0 Å². The van der Waals surface area contributed by atoms with Crippen molar-refractivity contribution in [1.82, 2.24) is 10.3 Å². The Morgan fingerprint density at radius 1 is 1.33 bits per heavy atom. The van der Waals surface area contributed by atoms with Crippen LogP contribution < -0.4 is 11.1 Å². The zero-order valence-electron chi connectivity index (χ0n) is 13.6. The maximum absolute atomic E-state index is 12.2. The molecule has 0 bridgehead atoms. The molecule has 0 atom stereocenters.